The number of amides is 1. The van der Waals surface area contributed by atoms with Crippen molar-refractivity contribution in [2.75, 3.05) is 19.8 Å². The van der Waals surface area contributed by atoms with Gasteiger partial charge in [0.05, 0.1) is 6.54 Å². The zero-order valence-corrected chi connectivity index (χ0v) is 10.8. The molecule has 5 heteroatoms. The first-order chi connectivity index (χ1) is 9.31. The Kier molecular flexibility index (Phi) is 3.55. The average Bonchev–Trinajstić information content (AvgIpc) is 3.22. The molecule has 1 aliphatic carbocycles. The highest BCUT2D eigenvalue weighted by Crippen LogP contribution is 2.30. The van der Waals surface area contributed by atoms with Gasteiger partial charge in [-0.1, -0.05) is 6.07 Å². The number of carbonyl (C=O) groups excluding carboxylic acids is 1. The fourth-order valence-electron chi connectivity index (χ4n) is 2.02. The predicted molar refractivity (Wildman–Crippen MR) is 70.3 cm³/mol. The van der Waals surface area contributed by atoms with Crippen LogP contribution >= 0.6 is 0 Å². The highest BCUT2D eigenvalue weighted by atomic mass is 16.6. The predicted octanol–water partition coefficient (Wildman–Crippen LogP) is 0.826. The van der Waals surface area contributed by atoms with Crippen molar-refractivity contribution in [1.29, 1.82) is 0 Å². The van der Waals surface area contributed by atoms with Crippen molar-refractivity contribution in [3.05, 3.63) is 23.8 Å². The van der Waals surface area contributed by atoms with Crippen LogP contribution in [0.3, 0.4) is 0 Å². The third kappa shape index (κ3) is 3.38. The van der Waals surface area contributed by atoms with Gasteiger partial charge in [0.1, 0.15) is 13.2 Å². The maximum atomic E-state index is 11.5. The van der Waals surface area contributed by atoms with Crippen molar-refractivity contribution in [3.8, 4) is 11.5 Å². The number of fused-ring (bicyclic) bond motifs is 1. The lowest BCUT2D eigenvalue weighted by molar-refractivity contribution is -0.120. The minimum absolute atomic E-state index is 0.0695. The molecule has 1 fully saturated rings. The van der Waals surface area contributed by atoms with Gasteiger partial charge in [-0.3, -0.25) is 4.79 Å². The van der Waals surface area contributed by atoms with Crippen molar-refractivity contribution in [3.63, 3.8) is 0 Å². The molecule has 1 heterocycles. The number of nitrogens with one attached hydrogen (secondary N) is 2. The molecule has 0 bridgehead atoms. The summed E-state index contributed by atoms with van der Waals surface area (Å²) in [6.45, 7) is 2.19. The fraction of sp³-hybridized carbons (Fsp3) is 0.500. The van der Waals surface area contributed by atoms with Gasteiger partial charge in [-0.2, -0.15) is 0 Å². The number of hydrogen-bond acceptors (Lipinski definition) is 4. The first-order valence-corrected chi connectivity index (χ1v) is 6.70. The monoisotopic (exact) mass is 262 g/mol. The summed E-state index contributed by atoms with van der Waals surface area (Å²) >= 11 is 0. The van der Waals surface area contributed by atoms with E-state index in [1.54, 1.807) is 0 Å². The largest absolute Gasteiger partial charge is 0.486 e. The second kappa shape index (κ2) is 5.48. The van der Waals surface area contributed by atoms with Crippen LogP contribution in [0.25, 0.3) is 0 Å². The number of benzene rings is 1. The smallest absolute Gasteiger partial charge is 0.234 e. The van der Waals surface area contributed by atoms with E-state index in [1.165, 1.54) is 0 Å². The number of carbonyl (C=O) groups is 1. The Morgan fingerprint density at radius 1 is 1.21 bits per heavy atom. The lowest BCUT2D eigenvalue weighted by Crippen LogP contribution is -2.34. The van der Waals surface area contributed by atoms with E-state index in [-0.39, 0.29) is 5.91 Å². The molecule has 2 aliphatic rings. The van der Waals surface area contributed by atoms with E-state index in [4.69, 9.17) is 9.47 Å². The summed E-state index contributed by atoms with van der Waals surface area (Å²) in [5.41, 5.74) is 1.09. The van der Waals surface area contributed by atoms with Gasteiger partial charge in [0, 0.05) is 12.6 Å². The van der Waals surface area contributed by atoms with Gasteiger partial charge in [-0.15, -0.1) is 0 Å². The van der Waals surface area contributed by atoms with Crippen molar-refractivity contribution in [2.24, 2.45) is 0 Å². The van der Waals surface area contributed by atoms with Crippen LogP contribution in [0.5, 0.6) is 11.5 Å². The van der Waals surface area contributed by atoms with E-state index in [2.05, 4.69) is 10.6 Å². The zero-order valence-electron chi connectivity index (χ0n) is 10.8. The first-order valence-electron chi connectivity index (χ1n) is 6.70. The molecule has 0 unspecified atom stereocenters. The highest BCUT2D eigenvalue weighted by Gasteiger charge is 2.22. The highest BCUT2D eigenvalue weighted by molar-refractivity contribution is 5.78. The molecule has 1 saturated carbocycles. The fourth-order valence-corrected chi connectivity index (χ4v) is 2.02. The Morgan fingerprint density at radius 2 is 2.00 bits per heavy atom. The lowest BCUT2D eigenvalue weighted by atomic mass is 10.2. The minimum atomic E-state index is 0.0695. The van der Waals surface area contributed by atoms with E-state index in [1.807, 2.05) is 18.2 Å². The Bertz CT molecular complexity index is 472. The second-order valence-electron chi connectivity index (χ2n) is 4.92. The van der Waals surface area contributed by atoms with E-state index in [0.717, 1.165) is 29.9 Å². The molecule has 1 amide bonds. The molecule has 1 aliphatic heterocycles. The number of rotatable bonds is 5. The van der Waals surface area contributed by atoms with E-state index in [0.29, 0.717) is 32.3 Å². The molecule has 0 saturated heterocycles. The topological polar surface area (TPSA) is 59.6 Å². The molecular formula is C14H18N2O3. The maximum absolute atomic E-state index is 11.5. The van der Waals surface area contributed by atoms with Crippen molar-refractivity contribution in [1.82, 2.24) is 10.6 Å². The molecule has 102 valence electrons. The van der Waals surface area contributed by atoms with Crippen LogP contribution < -0.4 is 20.1 Å². The van der Waals surface area contributed by atoms with Gasteiger partial charge in [0.15, 0.2) is 11.5 Å². The molecule has 0 aromatic heterocycles. The number of hydrogen-bond donors (Lipinski definition) is 2. The first kappa shape index (κ1) is 12.3. The normalized spacial score (nSPS) is 17.1. The van der Waals surface area contributed by atoms with Crippen molar-refractivity contribution in [2.45, 2.75) is 25.4 Å². The van der Waals surface area contributed by atoms with Gasteiger partial charge in [0.2, 0.25) is 5.91 Å². The molecule has 0 spiro atoms. The Hall–Kier alpha value is -1.75. The summed E-state index contributed by atoms with van der Waals surface area (Å²) in [6.07, 6.45) is 2.24. The molecule has 19 heavy (non-hydrogen) atoms. The molecular weight excluding hydrogens is 244 g/mol. The van der Waals surface area contributed by atoms with E-state index in [9.17, 15) is 4.79 Å². The Labute approximate surface area is 112 Å². The van der Waals surface area contributed by atoms with Crippen LogP contribution in [-0.4, -0.2) is 31.7 Å². The van der Waals surface area contributed by atoms with Gasteiger partial charge >= 0.3 is 0 Å². The van der Waals surface area contributed by atoms with Crippen LogP contribution in [0, 0.1) is 0 Å². The van der Waals surface area contributed by atoms with Crippen LogP contribution in [0.15, 0.2) is 18.2 Å². The summed E-state index contributed by atoms with van der Waals surface area (Å²) in [6, 6.07) is 6.28. The quantitative estimate of drug-likeness (QED) is 0.825. The SMILES string of the molecule is O=C(CNCc1ccc2c(c1)OCCO2)NC1CC1. The molecule has 5 nitrogen and oxygen atoms in total. The molecule has 1 aromatic carbocycles. The summed E-state index contributed by atoms with van der Waals surface area (Å²) in [5.74, 6) is 1.65. The van der Waals surface area contributed by atoms with Crippen LogP contribution in [0.2, 0.25) is 0 Å². The van der Waals surface area contributed by atoms with Gasteiger partial charge in [0.25, 0.3) is 0 Å². The summed E-state index contributed by atoms with van der Waals surface area (Å²) in [7, 11) is 0. The summed E-state index contributed by atoms with van der Waals surface area (Å²) in [5, 5.41) is 6.08. The molecule has 3 rings (SSSR count). The lowest BCUT2D eigenvalue weighted by Gasteiger charge is -2.18. The minimum Gasteiger partial charge on any atom is -0.486 e. The van der Waals surface area contributed by atoms with Crippen molar-refractivity contribution >= 4 is 5.91 Å². The van der Waals surface area contributed by atoms with Crippen LogP contribution in [0.1, 0.15) is 18.4 Å². The molecule has 2 N–H and O–H groups in total. The summed E-state index contributed by atoms with van der Waals surface area (Å²) in [4.78, 5) is 11.5. The number of ether oxygens (including phenoxy) is 2. The third-order valence-corrected chi connectivity index (χ3v) is 3.16. The van der Waals surface area contributed by atoms with Crippen LogP contribution in [-0.2, 0) is 11.3 Å². The van der Waals surface area contributed by atoms with E-state index < -0.39 is 0 Å². The van der Waals surface area contributed by atoms with Crippen molar-refractivity contribution < 1.29 is 14.3 Å². The Morgan fingerprint density at radius 3 is 2.79 bits per heavy atom. The standard InChI is InChI=1S/C14H18N2O3/c17-14(16-11-2-3-11)9-15-8-10-1-4-12-13(7-10)19-6-5-18-12/h1,4,7,11,15H,2-3,5-6,8-9H2,(H,16,17). The zero-order chi connectivity index (χ0) is 13.1. The second-order valence-corrected chi connectivity index (χ2v) is 4.92. The molecule has 0 atom stereocenters. The van der Waals surface area contributed by atoms with Crippen LogP contribution in [0.4, 0.5) is 0 Å². The van der Waals surface area contributed by atoms with E-state index >= 15 is 0 Å². The summed E-state index contributed by atoms with van der Waals surface area (Å²) < 4.78 is 11.0. The van der Waals surface area contributed by atoms with Gasteiger partial charge < -0.3 is 20.1 Å². The average molecular weight is 262 g/mol. The Balaban J connectivity index is 1.47. The van der Waals surface area contributed by atoms with Gasteiger partial charge in [-0.05, 0) is 30.5 Å². The molecule has 0 radical (unpaired) electrons. The third-order valence-electron chi connectivity index (χ3n) is 3.16. The maximum Gasteiger partial charge on any atom is 0.234 e. The molecule has 1 aromatic rings. The van der Waals surface area contributed by atoms with Gasteiger partial charge in [-0.25, -0.2) is 0 Å².